The second-order valence-electron chi connectivity index (χ2n) is 6.99. The number of carbonyl (C=O) groups excluding carboxylic acids is 2. The van der Waals surface area contributed by atoms with Crippen LogP contribution in [0.15, 0.2) is 23.6 Å². The molecule has 26 heavy (non-hydrogen) atoms. The Morgan fingerprint density at radius 2 is 2.08 bits per heavy atom. The Morgan fingerprint density at radius 3 is 2.69 bits per heavy atom. The fourth-order valence-corrected chi connectivity index (χ4v) is 3.87. The van der Waals surface area contributed by atoms with E-state index in [-0.39, 0.29) is 37.9 Å². The highest BCUT2D eigenvalue weighted by atomic mass is 32.1. The zero-order valence-electron chi connectivity index (χ0n) is 14.2. The Balaban J connectivity index is 1.26. The maximum atomic E-state index is 12.3. The van der Waals surface area contributed by atoms with Crippen LogP contribution in [0.3, 0.4) is 0 Å². The van der Waals surface area contributed by atoms with E-state index < -0.39 is 5.60 Å². The molecule has 1 aromatic carbocycles. The average molecular weight is 372 g/mol. The van der Waals surface area contributed by atoms with Gasteiger partial charge < -0.3 is 21.1 Å². The summed E-state index contributed by atoms with van der Waals surface area (Å²) in [5, 5.41) is 15.4. The number of hydrogen-bond acceptors (Lipinski definition) is 6. The molecule has 1 fully saturated rings. The summed E-state index contributed by atoms with van der Waals surface area (Å²) in [6.07, 6.45) is 2.27. The van der Waals surface area contributed by atoms with E-state index in [0.717, 1.165) is 12.8 Å². The summed E-state index contributed by atoms with van der Waals surface area (Å²) in [4.78, 5) is 30.1. The zero-order chi connectivity index (χ0) is 18.3. The number of carbonyl (C=O) groups is 2. The molecule has 2 aliphatic rings. The fourth-order valence-electron chi connectivity index (χ4n) is 3.31. The van der Waals surface area contributed by atoms with Gasteiger partial charge in [0.2, 0.25) is 5.91 Å². The van der Waals surface area contributed by atoms with Crippen LogP contribution in [0, 0.1) is 0 Å². The second kappa shape index (κ2) is 6.37. The molecule has 0 unspecified atom stereocenters. The molecule has 0 saturated carbocycles. The quantitative estimate of drug-likeness (QED) is 0.703. The van der Waals surface area contributed by atoms with Gasteiger partial charge in [-0.1, -0.05) is 6.07 Å². The van der Waals surface area contributed by atoms with E-state index in [2.05, 4.69) is 10.3 Å². The first kappa shape index (κ1) is 17.0. The third-order valence-corrected chi connectivity index (χ3v) is 5.66. The largest absolute Gasteiger partial charge is 0.384 e. The van der Waals surface area contributed by atoms with Crippen LogP contribution in [-0.2, 0) is 24.1 Å². The number of nitrogen functional groups attached to an aromatic ring is 1. The van der Waals surface area contributed by atoms with Gasteiger partial charge in [0.15, 0.2) is 5.13 Å². The molecule has 8 heteroatoms. The summed E-state index contributed by atoms with van der Waals surface area (Å²) in [5.74, 6) is -0.301. The lowest BCUT2D eigenvalue weighted by molar-refractivity contribution is -0.153. The van der Waals surface area contributed by atoms with Gasteiger partial charge in [0.25, 0.3) is 5.91 Å². The van der Waals surface area contributed by atoms with Crippen molar-refractivity contribution in [2.75, 3.05) is 25.4 Å². The van der Waals surface area contributed by atoms with Crippen molar-refractivity contribution < 1.29 is 14.7 Å². The average Bonchev–Trinajstić information content (AvgIpc) is 2.96. The lowest BCUT2D eigenvalue weighted by Gasteiger charge is -2.46. The normalized spacial score (nSPS) is 17.0. The first-order valence-corrected chi connectivity index (χ1v) is 9.40. The first-order chi connectivity index (χ1) is 12.4. The third kappa shape index (κ3) is 3.30. The van der Waals surface area contributed by atoms with Gasteiger partial charge in [0.05, 0.1) is 31.7 Å². The molecule has 1 saturated heterocycles. The zero-order valence-corrected chi connectivity index (χ0v) is 15.0. The minimum absolute atomic E-state index is 0.103. The summed E-state index contributed by atoms with van der Waals surface area (Å²) >= 11 is 1.30. The minimum Gasteiger partial charge on any atom is -0.384 e. The topological polar surface area (TPSA) is 109 Å². The Kier molecular flexibility index (Phi) is 4.16. The molecule has 2 aromatic rings. The van der Waals surface area contributed by atoms with Crippen LogP contribution >= 0.6 is 11.3 Å². The molecule has 1 aliphatic heterocycles. The molecule has 0 spiro atoms. The van der Waals surface area contributed by atoms with Gasteiger partial charge in [-0.2, -0.15) is 0 Å². The summed E-state index contributed by atoms with van der Waals surface area (Å²) in [6, 6.07) is 5.71. The smallest absolute Gasteiger partial charge is 0.251 e. The van der Waals surface area contributed by atoms with Gasteiger partial charge in [-0.15, -0.1) is 11.3 Å². The summed E-state index contributed by atoms with van der Waals surface area (Å²) < 4.78 is 0. The number of fused-ring (bicyclic) bond motifs is 1. The molecular weight excluding hydrogens is 352 g/mol. The van der Waals surface area contributed by atoms with Gasteiger partial charge in [-0.25, -0.2) is 4.98 Å². The molecule has 2 heterocycles. The standard InChI is InChI=1S/C18H20N4O3S/c19-17-21-14(7-26-17)6-15(23)22-9-18(25,10-22)8-20-16(24)13-4-2-11-1-3-12(11)5-13/h2,4-5,7,25H,1,3,6,8-10H2,(H2,19,21)(H,20,24). The van der Waals surface area contributed by atoms with E-state index in [1.54, 1.807) is 10.3 Å². The van der Waals surface area contributed by atoms with E-state index in [0.29, 0.717) is 16.4 Å². The van der Waals surface area contributed by atoms with Crippen LogP contribution in [-0.4, -0.2) is 52.0 Å². The van der Waals surface area contributed by atoms with Crippen molar-refractivity contribution in [3.8, 4) is 0 Å². The number of anilines is 1. The molecule has 2 amide bonds. The van der Waals surface area contributed by atoms with E-state index in [1.165, 1.54) is 22.5 Å². The van der Waals surface area contributed by atoms with Crippen molar-refractivity contribution in [2.45, 2.75) is 24.9 Å². The number of amides is 2. The number of nitrogens with zero attached hydrogens (tertiary/aromatic N) is 2. The summed E-state index contributed by atoms with van der Waals surface area (Å²) in [5.41, 5.74) is 8.26. The third-order valence-electron chi connectivity index (χ3n) is 4.94. The van der Waals surface area contributed by atoms with Crippen molar-refractivity contribution in [1.29, 1.82) is 0 Å². The molecule has 0 radical (unpaired) electrons. The molecule has 0 bridgehead atoms. The number of likely N-dealkylation sites (tertiary alicyclic amines) is 1. The summed E-state index contributed by atoms with van der Waals surface area (Å²) in [6.45, 7) is 0.530. The number of hydrogen-bond donors (Lipinski definition) is 3. The molecule has 136 valence electrons. The highest BCUT2D eigenvalue weighted by Gasteiger charge is 2.43. The SMILES string of the molecule is Nc1nc(CC(=O)N2CC(O)(CNC(=O)c3ccc4c(c3)CC4)C2)cs1. The number of nitrogens with two attached hydrogens (primary N) is 1. The van der Waals surface area contributed by atoms with Crippen LogP contribution in [0.5, 0.6) is 0 Å². The predicted octanol–water partition coefficient (Wildman–Crippen LogP) is 0.370. The van der Waals surface area contributed by atoms with E-state index in [1.807, 2.05) is 18.2 Å². The number of benzene rings is 1. The van der Waals surface area contributed by atoms with Gasteiger partial charge in [0, 0.05) is 10.9 Å². The van der Waals surface area contributed by atoms with Crippen molar-refractivity contribution >= 4 is 28.3 Å². The second-order valence-corrected chi connectivity index (χ2v) is 7.88. The lowest BCUT2D eigenvalue weighted by atomic mass is 9.87. The molecule has 7 nitrogen and oxygen atoms in total. The Bertz CT molecular complexity index is 873. The Hall–Kier alpha value is -2.45. The van der Waals surface area contributed by atoms with Gasteiger partial charge in [-0.3, -0.25) is 9.59 Å². The maximum Gasteiger partial charge on any atom is 0.251 e. The maximum absolute atomic E-state index is 12.3. The Morgan fingerprint density at radius 1 is 1.31 bits per heavy atom. The Labute approximate surface area is 154 Å². The molecule has 1 aliphatic carbocycles. The molecule has 1 aromatic heterocycles. The minimum atomic E-state index is -1.08. The highest BCUT2D eigenvalue weighted by molar-refractivity contribution is 7.13. The number of aliphatic hydroxyl groups is 1. The number of β-amino-alcohol motifs (C(OH)–C–C–N with tert-alkyl or cyclic N) is 1. The number of thiazole rings is 1. The molecular formula is C18H20N4O3S. The van der Waals surface area contributed by atoms with E-state index in [4.69, 9.17) is 5.73 Å². The number of aromatic nitrogens is 1. The molecule has 4 N–H and O–H groups in total. The van der Waals surface area contributed by atoms with Crippen molar-refractivity contribution in [3.63, 3.8) is 0 Å². The van der Waals surface area contributed by atoms with Crippen LogP contribution in [0.2, 0.25) is 0 Å². The summed E-state index contributed by atoms with van der Waals surface area (Å²) in [7, 11) is 0. The first-order valence-electron chi connectivity index (χ1n) is 8.52. The van der Waals surface area contributed by atoms with E-state index >= 15 is 0 Å². The highest BCUT2D eigenvalue weighted by Crippen LogP contribution is 2.24. The predicted molar refractivity (Wildman–Crippen MR) is 97.9 cm³/mol. The molecule has 0 atom stereocenters. The van der Waals surface area contributed by atoms with Crippen LogP contribution < -0.4 is 11.1 Å². The van der Waals surface area contributed by atoms with Gasteiger partial charge >= 0.3 is 0 Å². The van der Waals surface area contributed by atoms with Crippen LogP contribution in [0.4, 0.5) is 5.13 Å². The van der Waals surface area contributed by atoms with Crippen LogP contribution in [0.25, 0.3) is 0 Å². The van der Waals surface area contributed by atoms with Gasteiger partial charge in [0.1, 0.15) is 5.60 Å². The fraction of sp³-hybridized carbons (Fsp3) is 0.389. The molecule has 4 rings (SSSR count). The monoisotopic (exact) mass is 372 g/mol. The van der Waals surface area contributed by atoms with Crippen molar-refractivity contribution in [2.24, 2.45) is 0 Å². The van der Waals surface area contributed by atoms with Gasteiger partial charge in [-0.05, 0) is 36.1 Å². The van der Waals surface area contributed by atoms with E-state index in [9.17, 15) is 14.7 Å². The van der Waals surface area contributed by atoms with Crippen molar-refractivity contribution in [3.05, 3.63) is 46.0 Å². The number of nitrogens with one attached hydrogen (secondary N) is 1. The number of aryl methyl sites for hydroxylation is 2. The lowest BCUT2D eigenvalue weighted by Crippen LogP contribution is -2.67. The number of rotatable bonds is 5. The van der Waals surface area contributed by atoms with Crippen molar-refractivity contribution in [1.82, 2.24) is 15.2 Å². The van der Waals surface area contributed by atoms with Crippen LogP contribution in [0.1, 0.15) is 27.2 Å².